The van der Waals surface area contributed by atoms with Crippen LogP contribution in [-0.4, -0.2) is 99.5 Å². The lowest BCUT2D eigenvalue weighted by molar-refractivity contribution is -0.142. The maximum atomic E-state index is 13.6. The summed E-state index contributed by atoms with van der Waals surface area (Å²) < 4.78 is 40.8. The van der Waals surface area contributed by atoms with E-state index in [0.717, 1.165) is 14.2 Å². The number of nitrogens with zero attached hydrogens (tertiary/aromatic N) is 4. The van der Waals surface area contributed by atoms with Crippen LogP contribution in [0.3, 0.4) is 0 Å². The predicted molar refractivity (Wildman–Crippen MR) is 130 cm³/mol. The molecule has 17 nitrogen and oxygen atoms in total. The van der Waals surface area contributed by atoms with Crippen molar-refractivity contribution < 1.29 is 47.8 Å². The molecule has 0 aliphatic carbocycles. The van der Waals surface area contributed by atoms with E-state index in [0.29, 0.717) is 0 Å². The van der Waals surface area contributed by atoms with Gasteiger partial charge < -0.3 is 39.4 Å². The van der Waals surface area contributed by atoms with E-state index in [-0.39, 0.29) is 23.0 Å². The summed E-state index contributed by atoms with van der Waals surface area (Å²) in [5.74, 6) is -1.51. The Kier molecular flexibility index (Phi) is 8.93. The number of nitrogens with one attached hydrogen (secondary N) is 2. The van der Waals surface area contributed by atoms with Crippen molar-refractivity contribution in [1.29, 1.82) is 0 Å². The van der Waals surface area contributed by atoms with Crippen LogP contribution in [0.2, 0.25) is 0 Å². The van der Waals surface area contributed by atoms with E-state index in [1.807, 2.05) is 0 Å². The molecule has 0 radical (unpaired) electrons. The average molecular weight is 561 g/mol. The zero-order valence-corrected chi connectivity index (χ0v) is 22.5. The number of ether oxygens (including phenoxy) is 4. The highest BCUT2D eigenvalue weighted by molar-refractivity contribution is 7.54. The average Bonchev–Trinajstić information content (AvgIpc) is 3.38. The summed E-state index contributed by atoms with van der Waals surface area (Å²) in [4.78, 5) is 36.1. The zero-order chi connectivity index (χ0) is 28.4. The Labute approximate surface area is 217 Å². The van der Waals surface area contributed by atoms with Crippen molar-refractivity contribution in [3.05, 3.63) is 6.33 Å². The number of rotatable bonds is 11. The van der Waals surface area contributed by atoms with Crippen molar-refractivity contribution in [2.45, 2.75) is 56.9 Å². The lowest BCUT2D eigenvalue weighted by Gasteiger charge is -2.28. The quantitative estimate of drug-likeness (QED) is 0.161. The zero-order valence-electron chi connectivity index (χ0n) is 21.6. The minimum absolute atomic E-state index is 0.0989. The third-order valence-electron chi connectivity index (χ3n) is 5.86. The van der Waals surface area contributed by atoms with E-state index in [1.54, 1.807) is 0 Å². The molecule has 0 amide bonds. The third kappa shape index (κ3) is 5.88. The molecule has 1 aliphatic rings. The fourth-order valence-corrected chi connectivity index (χ4v) is 5.67. The summed E-state index contributed by atoms with van der Waals surface area (Å²) in [7, 11) is -0.496. The number of hydrogen-bond donors (Lipinski definition) is 5. The summed E-state index contributed by atoms with van der Waals surface area (Å²) in [6.07, 6.45) is -2.71. The number of aliphatic hydroxyl groups is 2. The van der Waals surface area contributed by atoms with Gasteiger partial charge in [-0.3, -0.25) is 18.7 Å². The van der Waals surface area contributed by atoms with Crippen LogP contribution in [0.5, 0.6) is 5.88 Å². The second-order valence-electron chi connectivity index (χ2n) is 8.71. The van der Waals surface area contributed by atoms with Gasteiger partial charge in [0.15, 0.2) is 17.4 Å². The molecule has 3 rings (SSSR count). The van der Waals surface area contributed by atoms with Gasteiger partial charge in [-0.2, -0.15) is 9.97 Å². The largest absolute Gasteiger partial charge is 0.479 e. The fourth-order valence-electron chi connectivity index (χ4n) is 3.86. The summed E-state index contributed by atoms with van der Waals surface area (Å²) in [6.45, 7) is 3.53. The summed E-state index contributed by atoms with van der Waals surface area (Å²) in [5, 5.41) is 27.0. The monoisotopic (exact) mass is 561 g/mol. The molecule has 0 aromatic carbocycles. The van der Waals surface area contributed by atoms with Crippen LogP contribution in [0, 0.1) is 0 Å². The number of nitrogen functional groups attached to an aromatic ring is 1. The fraction of sp³-hybridized carbons (Fsp3) is 0.650. The molecular formula is C20H32N7O10P. The Balaban J connectivity index is 1.85. The van der Waals surface area contributed by atoms with Crippen LogP contribution in [0.15, 0.2) is 6.33 Å². The van der Waals surface area contributed by atoms with Crippen molar-refractivity contribution in [1.82, 2.24) is 29.7 Å². The highest BCUT2D eigenvalue weighted by Crippen LogP contribution is 2.44. The molecule has 3 heterocycles. The minimum atomic E-state index is -4.17. The second-order valence-corrected chi connectivity index (χ2v) is 10.6. The summed E-state index contributed by atoms with van der Waals surface area (Å²) in [5.41, 5.74) is 4.26. The van der Waals surface area contributed by atoms with Crippen molar-refractivity contribution in [3.8, 4) is 5.88 Å². The molecular weight excluding hydrogens is 529 g/mol. The van der Waals surface area contributed by atoms with E-state index in [2.05, 4.69) is 34.6 Å². The number of anilines is 1. The molecule has 0 bridgehead atoms. The Bertz CT molecular complexity index is 1200. The van der Waals surface area contributed by atoms with Crippen molar-refractivity contribution in [3.63, 3.8) is 0 Å². The summed E-state index contributed by atoms with van der Waals surface area (Å²) >= 11 is 0. The number of esters is 2. The standard InChI is InChI=1S/C20H32N7O10P/c1-9(16(29)34-5)25-38(32,26-10(2)17(30)35-6)36-7-11-13(28)20(3,31)18(37-11)27-8-22-12-14(27)23-19(21)24-15(12)33-4/h8-11,13,18,28,31H,7H2,1-6H3,(H2,21,23,24)(H2,25,26,32)/t9-,10-,11+,13+,18+,20+/m0/s1. The van der Waals surface area contributed by atoms with Gasteiger partial charge in [-0.05, 0) is 20.8 Å². The number of fused-ring (bicyclic) bond motifs is 1. The molecule has 1 aliphatic heterocycles. The van der Waals surface area contributed by atoms with E-state index >= 15 is 0 Å². The Morgan fingerprint density at radius 2 is 1.79 bits per heavy atom. The molecule has 2 aromatic rings. The number of aromatic nitrogens is 4. The van der Waals surface area contributed by atoms with Crippen LogP contribution >= 0.6 is 7.67 Å². The topological polar surface area (TPSA) is 232 Å². The first kappa shape index (κ1) is 29.6. The molecule has 1 fully saturated rings. The highest BCUT2D eigenvalue weighted by atomic mass is 31.2. The van der Waals surface area contributed by atoms with Gasteiger partial charge in [0.25, 0.3) is 0 Å². The van der Waals surface area contributed by atoms with Gasteiger partial charge in [0.1, 0.15) is 29.9 Å². The van der Waals surface area contributed by atoms with E-state index in [1.165, 1.54) is 38.8 Å². The van der Waals surface area contributed by atoms with Gasteiger partial charge in [-0.15, -0.1) is 0 Å². The summed E-state index contributed by atoms with van der Waals surface area (Å²) in [6, 6.07) is -2.21. The smallest absolute Gasteiger partial charge is 0.342 e. The first-order chi connectivity index (χ1) is 17.8. The number of carbonyl (C=O) groups is 2. The predicted octanol–water partition coefficient (Wildman–Crippen LogP) is -1.15. The molecule has 6 N–H and O–H groups in total. The number of imidazole rings is 1. The number of carbonyl (C=O) groups excluding carboxylic acids is 2. The van der Waals surface area contributed by atoms with Crippen LogP contribution in [0.25, 0.3) is 11.2 Å². The maximum absolute atomic E-state index is 13.6. The van der Waals surface area contributed by atoms with Gasteiger partial charge in [-0.25, -0.2) is 15.2 Å². The first-order valence-electron chi connectivity index (χ1n) is 11.3. The number of hydrogen-bond acceptors (Lipinski definition) is 14. The van der Waals surface area contributed by atoms with Crippen molar-refractivity contribution >= 4 is 36.7 Å². The molecule has 18 heteroatoms. The number of nitrogens with two attached hydrogens (primary N) is 1. The van der Waals surface area contributed by atoms with Crippen LogP contribution in [0.1, 0.15) is 27.0 Å². The number of methoxy groups -OCH3 is 3. The molecule has 1 saturated heterocycles. The molecule has 0 spiro atoms. The molecule has 0 unspecified atom stereocenters. The van der Waals surface area contributed by atoms with E-state index < -0.39 is 62.3 Å². The lowest BCUT2D eigenvalue weighted by atomic mass is 9.96. The van der Waals surface area contributed by atoms with Crippen molar-refractivity contribution in [2.24, 2.45) is 0 Å². The van der Waals surface area contributed by atoms with Gasteiger partial charge in [-0.1, -0.05) is 0 Å². The third-order valence-corrected chi connectivity index (χ3v) is 7.83. The van der Waals surface area contributed by atoms with Gasteiger partial charge in [0.2, 0.25) is 11.8 Å². The molecule has 212 valence electrons. The Morgan fingerprint density at radius 3 is 2.32 bits per heavy atom. The minimum Gasteiger partial charge on any atom is -0.479 e. The Morgan fingerprint density at radius 1 is 1.21 bits per heavy atom. The second kappa shape index (κ2) is 11.4. The van der Waals surface area contributed by atoms with E-state index in [4.69, 9.17) is 19.7 Å². The highest BCUT2D eigenvalue weighted by Gasteiger charge is 2.54. The van der Waals surface area contributed by atoms with Gasteiger partial charge >= 0.3 is 19.6 Å². The molecule has 6 atom stereocenters. The van der Waals surface area contributed by atoms with E-state index in [9.17, 15) is 24.4 Å². The Hall–Kier alpha value is -2.92. The maximum Gasteiger partial charge on any atom is 0.342 e. The first-order valence-corrected chi connectivity index (χ1v) is 13.0. The lowest BCUT2D eigenvalue weighted by Crippen LogP contribution is -2.45. The molecule has 38 heavy (non-hydrogen) atoms. The van der Waals surface area contributed by atoms with Crippen LogP contribution in [-0.2, 0) is 32.9 Å². The van der Waals surface area contributed by atoms with Crippen LogP contribution < -0.4 is 20.6 Å². The van der Waals surface area contributed by atoms with Crippen molar-refractivity contribution in [2.75, 3.05) is 33.7 Å². The normalized spacial score (nSPS) is 25.2. The molecule has 2 aromatic heterocycles. The van der Waals surface area contributed by atoms with Gasteiger partial charge in [0, 0.05) is 0 Å². The SMILES string of the molecule is COC(=O)[C@H](C)NP(=O)(N[C@@H](C)C(=O)OC)OC[C@H]1O[C@@H](n2cnc3c(OC)nc(N)nc32)[C@](C)(O)[C@@H]1O. The number of aliphatic hydroxyl groups excluding tert-OH is 1. The molecule has 0 saturated carbocycles. The van der Waals surface area contributed by atoms with Gasteiger partial charge in [0.05, 0.1) is 34.3 Å². The van der Waals surface area contributed by atoms with Crippen LogP contribution in [0.4, 0.5) is 5.95 Å².